The van der Waals surface area contributed by atoms with Gasteiger partial charge in [-0.15, -0.1) is 0 Å². The summed E-state index contributed by atoms with van der Waals surface area (Å²) in [6.45, 7) is 1.82. The number of hydrogen-bond donors (Lipinski definition) is 2. The smallest absolute Gasteiger partial charge is 0.142 e. The van der Waals surface area contributed by atoms with E-state index < -0.39 is 12.3 Å². The van der Waals surface area contributed by atoms with Gasteiger partial charge in [0.2, 0.25) is 0 Å². The Labute approximate surface area is 173 Å². The maximum atomic E-state index is 13.4. The first-order chi connectivity index (χ1) is 13.9. The van der Waals surface area contributed by atoms with E-state index in [0.717, 1.165) is 43.2 Å². The second kappa shape index (κ2) is 7.21. The summed E-state index contributed by atoms with van der Waals surface area (Å²) in [5, 5.41) is 10.5. The van der Waals surface area contributed by atoms with Gasteiger partial charge in [-0.3, -0.25) is 4.79 Å². The number of aliphatic hydroxyl groups is 1. The van der Waals surface area contributed by atoms with Crippen molar-refractivity contribution in [3.05, 3.63) is 24.0 Å². The van der Waals surface area contributed by atoms with Gasteiger partial charge in [0.25, 0.3) is 0 Å². The van der Waals surface area contributed by atoms with E-state index in [1.165, 1.54) is 19.3 Å². The van der Waals surface area contributed by atoms with Gasteiger partial charge in [0.15, 0.2) is 0 Å². The second-order valence-electron chi connectivity index (χ2n) is 11.0. The van der Waals surface area contributed by atoms with Crippen LogP contribution in [0.5, 0.6) is 0 Å². The van der Waals surface area contributed by atoms with Gasteiger partial charge in [-0.2, -0.15) is 0 Å². The molecule has 29 heavy (non-hydrogen) atoms. The molecular weight excluding hydrogens is 365 g/mol. The number of rotatable bonds is 4. The predicted octanol–water partition coefficient (Wildman–Crippen LogP) is 5.10. The van der Waals surface area contributed by atoms with Crippen molar-refractivity contribution in [2.75, 3.05) is 6.67 Å². The lowest BCUT2D eigenvalue weighted by atomic mass is 9.49. The lowest BCUT2D eigenvalue weighted by Gasteiger charge is -2.57. The highest BCUT2D eigenvalue weighted by Crippen LogP contribution is 2.64. The Kier molecular flexibility index (Phi) is 4.92. The highest BCUT2D eigenvalue weighted by molar-refractivity contribution is 5.84. The molecule has 8 atom stereocenters. The summed E-state index contributed by atoms with van der Waals surface area (Å²) in [4.78, 5) is 16.4. The molecule has 4 heteroatoms. The molecule has 5 rings (SSSR count). The number of halogens is 1. The number of ketones is 1. The molecule has 0 unspecified atom stereocenters. The van der Waals surface area contributed by atoms with E-state index in [4.69, 9.17) is 0 Å². The Morgan fingerprint density at radius 2 is 1.97 bits per heavy atom. The third-order valence-electron chi connectivity index (χ3n) is 9.77. The van der Waals surface area contributed by atoms with Crippen LogP contribution in [-0.2, 0) is 11.2 Å². The fraction of sp³-hybridized carbons (Fsp3) is 0.800. The van der Waals surface area contributed by atoms with E-state index in [9.17, 15) is 14.3 Å². The number of alkyl halides is 1. The molecule has 2 N–H and O–H groups in total. The zero-order valence-corrected chi connectivity index (χ0v) is 17.7. The van der Waals surface area contributed by atoms with Crippen molar-refractivity contribution in [1.29, 1.82) is 0 Å². The predicted molar refractivity (Wildman–Crippen MR) is 111 cm³/mol. The molecule has 4 aliphatic carbocycles. The lowest BCUT2D eigenvalue weighted by molar-refractivity contribution is -0.133. The number of H-pyrrole nitrogens is 1. The monoisotopic (exact) mass is 401 g/mol. The van der Waals surface area contributed by atoms with Crippen LogP contribution in [0, 0.1) is 40.9 Å². The van der Waals surface area contributed by atoms with Gasteiger partial charge in [0.1, 0.15) is 12.5 Å². The molecular formula is C25H36FNO2. The van der Waals surface area contributed by atoms with Gasteiger partial charge < -0.3 is 10.1 Å². The molecule has 1 aromatic heterocycles. The van der Waals surface area contributed by atoms with Crippen molar-refractivity contribution in [2.45, 2.75) is 76.7 Å². The minimum atomic E-state index is -1.06. The number of Topliss-reactive ketones (excluding diaryl/α,β-unsaturated/α-hetero) is 1. The molecule has 3 nitrogen and oxygen atoms in total. The largest absolute Gasteiger partial charge is 0.387 e. The van der Waals surface area contributed by atoms with Crippen LogP contribution in [0.25, 0.3) is 0 Å². The van der Waals surface area contributed by atoms with E-state index in [2.05, 4.69) is 11.9 Å². The normalized spacial score (nSPS) is 46.6. The van der Waals surface area contributed by atoms with Crippen molar-refractivity contribution >= 4 is 5.78 Å². The summed E-state index contributed by atoms with van der Waals surface area (Å²) >= 11 is 0. The number of hydrogen-bond acceptors (Lipinski definition) is 2. The first-order valence-corrected chi connectivity index (χ1v) is 11.9. The Balaban J connectivity index is 1.31. The Morgan fingerprint density at radius 1 is 1.14 bits per heavy atom. The standard InChI is InChI=1S/C25H36FNO2/c1-24-10-8-19-18-9-11-25(29,15-26)14-16(18)4-5-20(19)21(24)6-7-22(24)23(28)13-17-3-2-12-27-17/h2-3,12,16,18-22,27,29H,4-11,13-15H2,1H3/t16-,18+,19-,20-,21+,22-,24+,25-/m1/s1. The van der Waals surface area contributed by atoms with E-state index in [-0.39, 0.29) is 11.3 Å². The van der Waals surface area contributed by atoms with Gasteiger partial charge in [0, 0.05) is 24.2 Å². The van der Waals surface area contributed by atoms with Crippen LogP contribution in [0.4, 0.5) is 4.39 Å². The number of carbonyl (C=O) groups is 1. The molecule has 0 bridgehead atoms. The number of nitrogens with one attached hydrogen (secondary N) is 1. The van der Waals surface area contributed by atoms with Gasteiger partial charge in [0.05, 0.1) is 5.60 Å². The maximum absolute atomic E-state index is 13.4. The number of aromatic amines is 1. The molecule has 4 aliphatic rings. The van der Waals surface area contributed by atoms with Crippen molar-refractivity contribution in [3.63, 3.8) is 0 Å². The third-order valence-corrected chi connectivity index (χ3v) is 9.77. The topological polar surface area (TPSA) is 53.1 Å². The zero-order chi connectivity index (χ0) is 20.2. The highest BCUT2D eigenvalue weighted by Gasteiger charge is 2.58. The van der Waals surface area contributed by atoms with Gasteiger partial charge in [-0.25, -0.2) is 4.39 Å². The molecule has 0 saturated heterocycles. The first-order valence-electron chi connectivity index (χ1n) is 11.9. The molecule has 0 amide bonds. The molecule has 0 radical (unpaired) electrons. The number of fused-ring (bicyclic) bond motifs is 5. The van der Waals surface area contributed by atoms with Crippen LogP contribution in [0.2, 0.25) is 0 Å². The Bertz CT molecular complexity index is 748. The van der Waals surface area contributed by atoms with Crippen LogP contribution in [0.15, 0.2) is 18.3 Å². The van der Waals surface area contributed by atoms with Gasteiger partial charge in [-0.05, 0) is 105 Å². The van der Waals surface area contributed by atoms with E-state index >= 15 is 0 Å². The van der Waals surface area contributed by atoms with E-state index in [0.29, 0.717) is 42.8 Å². The molecule has 4 fully saturated rings. The summed E-state index contributed by atoms with van der Waals surface area (Å²) in [6.07, 6.45) is 11.7. The van der Waals surface area contributed by atoms with Crippen molar-refractivity contribution < 1.29 is 14.3 Å². The lowest BCUT2D eigenvalue weighted by Crippen LogP contribution is -2.52. The number of carbonyl (C=O) groups excluding carboxylic acids is 1. The minimum Gasteiger partial charge on any atom is -0.387 e. The molecule has 0 aliphatic heterocycles. The quantitative estimate of drug-likeness (QED) is 0.738. The summed E-state index contributed by atoms with van der Waals surface area (Å²) in [6, 6.07) is 3.99. The molecule has 0 spiro atoms. The third kappa shape index (κ3) is 3.21. The van der Waals surface area contributed by atoms with Crippen LogP contribution in [0.3, 0.4) is 0 Å². The van der Waals surface area contributed by atoms with Crippen LogP contribution in [0.1, 0.15) is 70.4 Å². The minimum absolute atomic E-state index is 0.159. The van der Waals surface area contributed by atoms with E-state index in [1.807, 2.05) is 18.3 Å². The van der Waals surface area contributed by atoms with Gasteiger partial charge >= 0.3 is 0 Å². The average Bonchev–Trinajstić information content (AvgIpc) is 3.34. The molecule has 1 aromatic rings. The second-order valence-corrected chi connectivity index (χ2v) is 11.0. The first kappa shape index (κ1) is 19.8. The fourth-order valence-corrected chi connectivity index (χ4v) is 8.40. The van der Waals surface area contributed by atoms with Crippen LogP contribution >= 0.6 is 0 Å². The SMILES string of the molecule is C[C@]12CC[C@H]3[C@@H](CC[C@@H]4C[C@@](O)(CF)CC[C@@H]43)[C@@H]1CC[C@@H]2C(=O)Cc1ccc[nH]1. The van der Waals surface area contributed by atoms with Crippen molar-refractivity contribution in [1.82, 2.24) is 4.98 Å². The summed E-state index contributed by atoms with van der Waals surface area (Å²) in [5.74, 6) is 3.93. The highest BCUT2D eigenvalue weighted by atomic mass is 19.1. The number of aromatic nitrogens is 1. The molecule has 0 aromatic carbocycles. The zero-order valence-electron chi connectivity index (χ0n) is 17.7. The average molecular weight is 402 g/mol. The summed E-state index contributed by atoms with van der Waals surface area (Å²) < 4.78 is 13.4. The molecule has 160 valence electrons. The Hall–Kier alpha value is -1.16. The van der Waals surface area contributed by atoms with Crippen molar-refractivity contribution in [3.8, 4) is 0 Å². The van der Waals surface area contributed by atoms with Crippen molar-refractivity contribution in [2.24, 2.45) is 40.9 Å². The maximum Gasteiger partial charge on any atom is 0.142 e. The van der Waals surface area contributed by atoms with E-state index in [1.54, 1.807) is 0 Å². The molecule has 1 heterocycles. The van der Waals surface area contributed by atoms with Crippen LogP contribution < -0.4 is 0 Å². The molecule has 4 saturated carbocycles. The van der Waals surface area contributed by atoms with Crippen LogP contribution in [-0.4, -0.2) is 28.1 Å². The fourth-order valence-electron chi connectivity index (χ4n) is 8.40. The summed E-state index contributed by atoms with van der Waals surface area (Å²) in [7, 11) is 0. The van der Waals surface area contributed by atoms with Gasteiger partial charge in [-0.1, -0.05) is 6.92 Å². The summed E-state index contributed by atoms with van der Waals surface area (Å²) in [5.41, 5.74) is 0.144. The Morgan fingerprint density at radius 3 is 2.72 bits per heavy atom.